The fourth-order valence-corrected chi connectivity index (χ4v) is 7.59. The standard InChI is InChI=1S/C43H34N4.Pt/c1-42(2,3)29-22-23-44-36(26-29)28-20-21-38-35(24-28)43(4,34-16-11-15-33-32-14-6-7-17-37(32)47(38)41(33)34)30-12-10-13-31(25-30)46-27-45(5)39-18-8-9-19-40(39)46;/h6-23,26H,1-5H3;/q-2;. The van der Waals surface area contributed by atoms with Crippen LogP contribution in [0.25, 0.3) is 55.5 Å². The van der Waals surface area contributed by atoms with Crippen molar-refractivity contribution in [3.63, 3.8) is 0 Å². The molecule has 1 atom stereocenters. The predicted octanol–water partition coefficient (Wildman–Crippen LogP) is 8.98. The van der Waals surface area contributed by atoms with Crippen LogP contribution in [0.2, 0.25) is 0 Å². The molecule has 8 aromatic rings. The molecule has 4 nitrogen and oxygen atoms in total. The largest absolute Gasteiger partial charge is 0.350 e. The number of aromatic nitrogens is 4. The second-order valence-electron chi connectivity index (χ2n) is 13.9. The van der Waals surface area contributed by atoms with Gasteiger partial charge in [0.1, 0.15) is 0 Å². The first-order valence-corrected chi connectivity index (χ1v) is 16.2. The zero-order valence-electron chi connectivity index (χ0n) is 27.6. The molecule has 5 heteroatoms. The van der Waals surface area contributed by atoms with Gasteiger partial charge in [0, 0.05) is 54.5 Å². The second kappa shape index (κ2) is 10.9. The molecule has 9 rings (SSSR count). The van der Waals surface area contributed by atoms with Gasteiger partial charge in [-0.2, -0.15) is 29.8 Å². The van der Waals surface area contributed by atoms with Crippen molar-refractivity contribution >= 4 is 32.8 Å². The zero-order chi connectivity index (χ0) is 32.1. The summed E-state index contributed by atoms with van der Waals surface area (Å²) in [5.41, 5.74) is 12.8. The van der Waals surface area contributed by atoms with Crippen LogP contribution in [0.15, 0.2) is 115 Å². The Morgan fingerprint density at radius 2 is 1.52 bits per heavy atom. The molecular weight excluding hydrogens is 768 g/mol. The van der Waals surface area contributed by atoms with Crippen molar-refractivity contribution in [3.8, 4) is 22.6 Å². The molecule has 0 bridgehead atoms. The summed E-state index contributed by atoms with van der Waals surface area (Å²) in [7, 11) is 2.04. The summed E-state index contributed by atoms with van der Waals surface area (Å²) in [5, 5.41) is 2.51. The Balaban J connectivity index is 0.00000336. The average molecular weight is 802 g/mol. The number of imidazole rings is 1. The molecule has 0 saturated heterocycles. The van der Waals surface area contributed by atoms with Crippen LogP contribution in [0.1, 0.15) is 49.9 Å². The monoisotopic (exact) mass is 801 g/mol. The van der Waals surface area contributed by atoms with Crippen molar-refractivity contribution in [1.29, 1.82) is 0 Å². The molecule has 238 valence electrons. The number of hydrogen-bond acceptors (Lipinski definition) is 1. The average Bonchev–Trinajstić information content (AvgIpc) is 3.62. The van der Waals surface area contributed by atoms with Crippen molar-refractivity contribution in [2.24, 2.45) is 7.05 Å². The molecule has 5 aromatic carbocycles. The minimum atomic E-state index is -0.558. The Morgan fingerprint density at radius 3 is 2.35 bits per heavy atom. The van der Waals surface area contributed by atoms with Crippen molar-refractivity contribution in [2.75, 3.05) is 0 Å². The van der Waals surface area contributed by atoms with Crippen molar-refractivity contribution in [3.05, 3.63) is 156 Å². The summed E-state index contributed by atoms with van der Waals surface area (Å²) < 4.78 is 6.60. The van der Waals surface area contributed by atoms with Crippen LogP contribution in [-0.4, -0.2) is 14.1 Å². The van der Waals surface area contributed by atoms with E-state index in [0.29, 0.717) is 0 Å². The van der Waals surface area contributed by atoms with Crippen molar-refractivity contribution in [1.82, 2.24) is 14.1 Å². The molecule has 0 aliphatic carbocycles. The molecule has 4 heterocycles. The third-order valence-electron chi connectivity index (χ3n) is 10.1. The quantitative estimate of drug-likeness (QED) is 0.130. The predicted molar refractivity (Wildman–Crippen MR) is 189 cm³/mol. The molecule has 0 spiro atoms. The van der Waals surface area contributed by atoms with Crippen LogP contribution < -0.4 is 4.57 Å². The van der Waals surface area contributed by atoms with Crippen molar-refractivity contribution in [2.45, 2.75) is 38.5 Å². The number of nitrogens with zero attached hydrogens (tertiary/aromatic N) is 4. The van der Waals surface area contributed by atoms with Gasteiger partial charge in [-0.15, -0.1) is 23.8 Å². The number of benzene rings is 5. The number of rotatable bonds is 3. The molecule has 0 radical (unpaired) electrons. The summed E-state index contributed by atoms with van der Waals surface area (Å²) in [4.78, 5) is 4.84. The van der Waals surface area contributed by atoms with Gasteiger partial charge < -0.3 is 18.7 Å². The van der Waals surface area contributed by atoms with Crippen LogP contribution in [0.4, 0.5) is 0 Å². The molecule has 0 N–H and O–H groups in total. The third kappa shape index (κ3) is 4.32. The van der Waals surface area contributed by atoms with E-state index in [1.54, 1.807) is 0 Å². The van der Waals surface area contributed by atoms with E-state index in [0.717, 1.165) is 44.8 Å². The maximum Gasteiger partial charge on any atom is 0.242 e. The van der Waals surface area contributed by atoms with Crippen molar-refractivity contribution < 1.29 is 25.6 Å². The maximum atomic E-state index is 4.84. The Hall–Kier alpha value is -4.79. The molecule has 3 aromatic heterocycles. The minimum absolute atomic E-state index is 0. The number of pyridine rings is 1. The third-order valence-corrected chi connectivity index (χ3v) is 10.1. The molecule has 1 unspecified atom stereocenters. The first kappa shape index (κ1) is 30.5. The van der Waals surface area contributed by atoms with Gasteiger partial charge in [-0.1, -0.05) is 106 Å². The van der Waals surface area contributed by atoms with E-state index in [1.807, 2.05) is 17.8 Å². The van der Waals surface area contributed by atoms with E-state index in [-0.39, 0.29) is 26.5 Å². The maximum absolute atomic E-state index is 4.84. The first-order valence-electron chi connectivity index (χ1n) is 16.2. The van der Waals surface area contributed by atoms with Gasteiger partial charge in [0.05, 0.1) is 18.1 Å². The van der Waals surface area contributed by atoms with E-state index in [2.05, 4.69) is 164 Å². The smallest absolute Gasteiger partial charge is 0.242 e. The Labute approximate surface area is 295 Å². The van der Waals surface area contributed by atoms with Gasteiger partial charge >= 0.3 is 0 Å². The van der Waals surface area contributed by atoms with Crippen LogP contribution in [0, 0.1) is 18.5 Å². The molecule has 1 aliphatic rings. The second-order valence-corrected chi connectivity index (χ2v) is 13.9. The van der Waals surface area contributed by atoms with E-state index < -0.39 is 5.41 Å². The minimum Gasteiger partial charge on any atom is -0.350 e. The van der Waals surface area contributed by atoms with Gasteiger partial charge in [0.2, 0.25) is 6.33 Å². The van der Waals surface area contributed by atoms with Crippen LogP contribution in [0.5, 0.6) is 0 Å². The SMILES string of the molecule is C[n+]1[c-]n(-c2[c-]c(C3(C)c4[c-]c(-c5cc(C(C)(C)C)ccn5)ccc4-n4c5ccccc5c5cccc3c54)ccc2)c2ccccc21.[Pt]. The molecule has 0 fully saturated rings. The first-order chi connectivity index (χ1) is 22.7. The summed E-state index contributed by atoms with van der Waals surface area (Å²) in [6.07, 6.45) is 5.44. The molecular formula is C43H34N4Pt-2. The number of aryl methyl sites for hydroxylation is 1. The summed E-state index contributed by atoms with van der Waals surface area (Å²) in [6.45, 7) is 9.07. The van der Waals surface area contributed by atoms with Gasteiger partial charge in [0.15, 0.2) is 0 Å². The number of fused-ring (bicyclic) bond motifs is 6. The van der Waals surface area contributed by atoms with Gasteiger partial charge in [0.25, 0.3) is 0 Å². The zero-order valence-corrected chi connectivity index (χ0v) is 29.8. The van der Waals surface area contributed by atoms with E-state index in [4.69, 9.17) is 4.98 Å². The topological polar surface area (TPSA) is 26.6 Å². The van der Waals surface area contributed by atoms with Gasteiger partial charge in [-0.05, 0) is 40.1 Å². The molecule has 0 saturated carbocycles. The summed E-state index contributed by atoms with van der Waals surface area (Å²) in [5.74, 6) is 0. The Bertz CT molecular complexity index is 2550. The van der Waals surface area contributed by atoms with Crippen LogP contribution in [0.3, 0.4) is 0 Å². The van der Waals surface area contributed by atoms with Gasteiger partial charge in [-0.25, -0.2) is 0 Å². The summed E-state index contributed by atoms with van der Waals surface area (Å²) >= 11 is 0. The van der Waals surface area contributed by atoms with Gasteiger partial charge in [-0.3, -0.25) is 0 Å². The molecule has 48 heavy (non-hydrogen) atoms. The van der Waals surface area contributed by atoms with Crippen LogP contribution in [-0.2, 0) is 38.9 Å². The van der Waals surface area contributed by atoms with E-state index in [1.165, 1.54) is 32.9 Å². The van der Waals surface area contributed by atoms with E-state index in [9.17, 15) is 0 Å². The fourth-order valence-electron chi connectivity index (χ4n) is 7.59. The fraction of sp³-hybridized carbons (Fsp3) is 0.163. The number of hydrogen-bond donors (Lipinski definition) is 0. The molecule has 1 aliphatic heterocycles. The van der Waals surface area contributed by atoms with Crippen LogP contribution >= 0.6 is 0 Å². The number of para-hydroxylation sites is 4. The normalized spacial score (nSPS) is 15.5. The summed E-state index contributed by atoms with van der Waals surface area (Å²) in [6, 6.07) is 47.0. The van der Waals surface area contributed by atoms with E-state index >= 15 is 0 Å². The Morgan fingerprint density at radius 1 is 0.771 bits per heavy atom. The molecule has 0 amide bonds. The Kier molecular flexibility index (Phi) is 6.91.